The Labute approximate surface area is 260 Å². The lowest BCUT2D eigenvalue weighted by atomic mass is 9.71. The lowest BCUT2D eigenvalue weighted by molar-refractivity contribution is -0.137. The summed E-state index contributed by atoms with van der Waals surface area (Å²) in [4.78, 5) is 31.1. The van der Waals surface area contributed by atoms with E-state index in [1.807, 2.05) is 52.8 Å². The largest absolute Gasteiger partial charge is 0.496 e. The first-order valence-electron chi connectivity index (χ1n) is 15.1. The van der Waals surface area contributed by atoms with Gasteiger partial charge in [-0.2, -0.15) is 0 Å². The molecule has 0 aliphatic carbocycles. The van der Waals surface area contributed by atoms with Crippen LogP contribution in [0, 0.1) is 5.82 Å². The second-order valence-corrected chi connectivity index (χ2v) is 11.9. The van der Waals surface area contributed by atoms with Gasteiger partial charge in [-0.05, 0) is 97.2 Å². The van der Waals surface area contributed by atoms with Crippen LogP contribution >= 0.6 is 0 Å². The maximum atomic E-state index is 14.0. The van der Waals surface area contributed by atoms with Gasteiger partial charge in [-0.25, -0.2) is 14.6 Å². The van der Waals surface area contributed by atoms with Crippen LogP contribution in [0.2, 0.25) is 0 Å². The highest BCUT2D eigenvalue weighted by molar-refractivity contribution is 5.98. The average Bonchev–Trinajstić information content (AvgIpc) is 3.79. The van der Waals surface area contributed by atoms with E-state index in [-0.39, 0.29) is 23.0 Å². The molecular weight excluding hydrogens is 577 g/mol. The SMILES string of the molecule is COc1ccc(-n2cnnn2)cc1C(=O)N1CCC(CCN2CCC(C(=O)NO)(c3ccccc3)CC2)(c2ccc(F)cc2)C1. The van der Waals surface area contributed by atoms with Crippen LogP contribution in [0.25, 0.3) is 5.69 Å². The molecule has 0 bridgehead atoms. The minimum Gasteiger partial charge on any atom is -0.496 e. The van der Waals surface area contributed by atoms with Gasteiger partial charge in [0.2, 0.25) is 0 Å². The fraction of sp³-hybridized carbons (Fsp3) is 0.364. The number of piperidine rings is 1. The minimum absolute atomic E-state index is 0.161. The number of nitrogens with zero attached hydrogens (tertiary/aromatic N) is 6. The highest BCUT2D eigenvalue weighted by Gasteiger charge is 2.45. The molecule has 2 amide bonds. The Balaban J connectivity index is 1.21. The third-order valence-electron chi connectivity index (χ3n) is 9.60. The van der Waals surface area contributed by atoms with E-state index in [0.29, 0.717) is 62.4 Å². The molecule has 2 aliphatic heterocycles. The quantitative estimate of drug-likeness (QED) is 0.217. The number of ether oxygens (including phenoxy) is 1. The Morgan fingerprint density at radius 1 is 0.978 bits per heavy atom. The molecule has 3 heterocycles. The van der Waals surface area contributed by atoms with Crippen LogP contribution in [0.5, 0.6) is 5.75 Å². The topological polar surface area (TPSA) is 126 Å². The number of aromatic nitrogens is 4. The Kier molecular flexibility index (Phi) is 8.59. The Hall–Kier alpha value is -4.68. The Morgan fingerprint density at radius 3 is 2.40 bits per heavy atom. The van der Waals surface area contributed by atoms with Crippen molar-refractivity contribution >= 4 is 11.8 Å². The summed E-state index contributed by atoms with van der Waals surface area (Å²) in [7, 11) is 1.53. The molecule has 2 fully saturated rings. The monoisotopic (exact) mass is 613 g/mol. The molecule has 3 aromatic carbocycles. The van der Waals surface area contributed by atoms with Crippen molar-refractivity contribution in [2.24, 2.45) is 0 Å². The maximum Gasteiger partial charge on any atom is 0.257 e. The van der Waals surface area contributed by atoms with Crippen molar-refractivity contribution < 1.29 is 23.9 Å². The Bertz CT molecular complexity index is 1630. The summed E-state index contributed by atoms with van der Waals surface area (Å²) in [6, 6.07) is 21.4. The molecule has 1 aromatic heterocycles. The summed E-state index contributed by atoms with van der Waals surface area (Å²) < 4.78 is 21.0. The molecule has 12 heteroatoms. The van der Waals surface area contributed by atoms with Gasteiger partial charge >= 0.3 is 0 Å². The smallest absolute Gasteiger partial charge is 0.257 e. The van der Waals surface area contributed by atoms with Crippen LogP contribution < -0.4 is 10.2 Å². The fourth-order valence-corrected chi connectivity index (χ4v) is 6.93. The highest BCUT2D eigenvalue weighted by atomic mass is 19.1. The van der Waals surface area contributed by atoms with Crippen molar-refractivity contribution in [3.63, 3.8) is 0 Å². The number of nitrogens with one attached hydrogen (secondary N) is 1. The average molecular weight is 614 g/mol. The molecule has 2 saturated heterocycles. The second kappa shape index (κ2) is 12.7. The molecule has 2 N–H and O–H groups in total. The second-order valence-electron chi connectivity index (χ2n) is 11.9. The van der Waals surface area contributed by atoms with Crippen LogP contribution in [-0.2, 0) is 15.6 Å². The Morgan fingerprint density at radius 2 is 1.73 bits per heavy atom. The normalized spacial score (nSPS) is 19.8. The zero-order valence-electron chi connectivity index (χ0n) is 25.1. The molecule has 6 rings (SSSR count). The lowest BCUT2D eigenvalue weighted by Gasteiger charge is -2.41. The van der Waals surface area contributed by atoms with Gasteiger partial charge in [0.15, 0.2) is 0 Å². The summed E-state index contributed by atoms with van der Waals surface area (Å²) >= 11 is 0. The van der Waals surface area contributed by atoms with E-state index < -0.39 is 5.41 Å². The first kappa shape index (κ1) is 30.4. The highest BCUT2D eigenvalue weighted by Crippen LogP contribution is 2.41. The van der Waals surface area contributed by atoms with Crippen molar-refractivity contribution in [2.75, 3.05) is 39.8 Å². The number of carbonyl (C=O) groups is 2. The number of halogens is 1. The summed E-state index contributed by atoms with van der Waals surface area (Å²) in [6.07, 6.45) is 4.05. The molecule has 2 aliphatic rings. The van der Waals surface area contributed by atoms with E-state index in [1.165, 1.54) is 30.3 Å². The molecule has 0 spiro atoms. The van der Waals surface area contributed by atoms with Gasteiger partial charge < -0.3 is 14.5 Å². The van der Waals surface area contributed by atoms with E-state index >= 15 is 0 Å². The number of hydrogen-bond donors (Lipinski definition) is 2. The number of tetrazole rings is 1. The molecule has 234 valence electrons. The van der Waals surface area contributed by atoms with E-state index in [0.717, 1.165) is 24.1 Å². The molecule has 1 atom stereocenters. The number of carbonyl (C=O) groups excluding carboxylic acids is 2. The number of rotatable bonds is 9. The van der Waals surface area contributed by atoms with Gasteiger partial charge in [-0.15, -0.1) is 5.10 Å². The lowest BCUT2D eigenvalue weighted by Crippen LogP contribution is -2.51. The van der Waals surface area contributed by atoms with Gasteiger partial charge in [-0.3, -0.25) is 14.8 Å². The van der Waals surface area contributed by atoms with Gasteiger partial charge in [0, 0.05) is 18.5 Å². The van der Waals surface area contributed by atoms with Crippen molar-refractivity contribution in [3.8, 4) is 11.4 Å². The number of amides is 2. The summed E-state index contributed by atoms with van der Waals surface area (Å²) in [5.41, 5.74) is 3.65. The van der Waals surface area contributed by atoms with Gasteiger partial charge in [0.1, 0.15) is 17.9 Å². The molecule has 45 heavy (non-hydrogen) atoms. The summed E-state index contributed by atoms with van der Waals surface area (Å²) in [5, 5.41) is 20.9. The van der Waals surface area contributed by atoms with Gasteiger partial charge in [0.05, 0.1) is 23.8 Å². The van der Waals surface area contributed by atoms with Gasteiger partial charge in [0.25, 0.3) is 11.8 Å². The van der Waals surface area contributed by atoms with Crippen molar-refractivity contribution in [2.45, 2.75) is 36.5 Å². The molecular formula is C33H36FN7O4. The number of methoxy groups -OCH3 is 1. The molecule has 11 nitrogen and oxygen atoms in total. The standard InChI is InChI=1S/C33H36FN7O4/c1-45-29-12-11-27(41-23-35-37-38-41)21-28(29)30(42)40-20-14-32(22-40,24-7-9-26(34)10-8-24)13-17-39-18-15-33(16-19-39,31(43)36-44)25-5-3-2-4-6-25/h2-12,21,23,44H,13-20,22H2,1H3,(H,36,43). The van der Waals surface area contributed by atoms with Crippen LogP contribution in [0.4, 0.5) is 4.39 Å². The summed E-state index contributed by atoms with van der Waals surface area (Å²) in [6.45, 7) is 3.08. The third-order valence-corrected chi connectivity index (χ3v) is 9.60. The van der Waals surface area contributed by atoms with Crippen LogP contribution in [0.15, 0.2) is 79.1 Å². The zero-order valence-corrected chi connectivity index (χ0v) is 25.1. The maximum absolute atomic E-state index is 14.0. The molecule has 0 saturated carbocycles. The number of hydrogen-bond acceptors (Lipinski definition) is 8. The fourth-order valence-electron chi connectivity index (χ4n) is 6.93. The van der Waals surface area contributed by atoms with E-state index in [1.54, 1.807) is 18.2 Å². The molecule has 1 unspecified atom stereocenters. The molecule has 4 aromatic rings. The first-order chi connectivity index (χ1) is 21.9. The zero-order chi connectivity index (χ0) is 31.4. The third kappa shape index (κ3) is 5.90. The van der Waals surface area contributed by atoms with Crippen LogP contribution in [0.1, 0.15) is 47.2 Å². The van der Waals surface area contributed by atoms with Crippen molar-refractivity contribution in [3.05, 3.63) is 102 Å². The van der Waals surface area contributed by atoms with Crippen LogP contribution in [0.3, 0.4) is 0 Å². The molecule has 0 radical (unpaired) electrons. The van der Waals surface area contributed by atoms with E-state index in [9.17, 15) is 19.2 Å². The summed E-state index contributed by atoms with van der Waals surface area (Å²) in [5.74, 6) is -0.398. The number of benzene rings is 3. The predicted molar refractivity (Wildman–Crippen MR) is 163 cm³/mol. The van der Waals surface area contributed by atoms with Crippen molar-refractivity contribution in [1.29, 1.82) is 0 Å². The van der Waals surface area contributed by atoms with Crippen LogP contribution in [-0.4, -0.2) is 86.9 Å². The predicted octanol–water partition coefficient (Wildman–Crippen LogP) is 3.52. The van der Waals surface area contributed by atoms with Crippen molar-refractivity contribution in [1.82, 2.24) is 35.5 Å². The number of likely N-dealkylation sites (tertiary alicyclic amines) is 2. The van der Waals surface area contributed by atoms with E-state index in [2.05, 4.69) is 20.4 Å². The van der Waals surface area contributed by atoms with E-state index in [4.69, 9.17) is 4.74 Å². The van der Waals surface area contributed by atoms with Gasteiger partial charge in [-0.1, -0.05) is 42.5 Å². The number of hydroxylamine groups is 1. The first-order valence-corrected chi connectivity index (χ1v) is 15.1. The minimum atomic E-state index is -0.798.